The molecule has 1 saturated heterocycles. The average molecular weight is 490 g/mol. The highest BCUT2D eigenvalue weighted by Gasteiger charge is 2.30. The molecule has 0 saturated carbocycles. The minimum absolute atomic E-state index is 0.163. The second-order valence-electron chi connectivity index (χ2n) is 9.02. The van der Waals surface area contributed by atoms with E-state index in [9.17, 15) is 18.0 Å². The summed E-state index contributed by atoms with van der Waals surface area (Å²) < 4.78 is 46.0. The Hall–Kier alpha value is -3.40. The number of carbonyl (C=O) groups is 2. The van der Waals surface area contributed by atoms with Crippen molar-refractivity contribution in [2.75, 3.05) is 29.5 Å². The van der Waals surface area contributed by atoms with E-state index in [4.69, 9.17) is 4.74 Å². The maximum absolute atomic E-state index is 15.3. The number of nitrogens with zero attached hydrogens (tertiary/aromatic N) is 1. The SMILES string of the molecule is COc1c(/C=C(/F)c2ccc(NS(C)(=O)=O)cc2)cc(N2C(=O)CCNC2=O)cc1C(C)(C)C. The van der Waals surface area contributed by atoms with Gasteiger partial charge in [-0.3, -0.25) is 9.52 Å². The number of carbonyl (C=O) groups excluding carboxylic acids is 2. The van der Waals surface area contributed by atoms with Gasteiger partial charge >= 0.3 is 6.03 Å². The molecule has 3 rings (SSSR count). The van der Waals surface area contributed by atoms with Gasteiger partial charge in [-0.05, 0) is 47.9 Å². The van der Waals surface area contributed by atoms with Crippen LogP contribution < -0.4 is 19.7 Å². The first-order chi connectivity index (χ1) is 15.8. The lowest BCUT2D eigenvalue weighted by atomic mass is 9.84. The molecule has 0 aliphatic carbocycles. The number of rotatable bonds is 6. The Morgan fingerprint density at radius 2 is 1.82 bits per heavy atom. The molecular weight excluding hydrogens is 461 g/mol. The van der Waals surface area contributed by atoms with Gasteiger partial charge < -0.3 is 10.1 Å². The number of hydrogen-bond donors (Lipinski definition) is 2. The van der Waals surface area contributed by atoms with Crippen molar-refractivity contribution in [2.45, 2.75) is 32.6 Å². The van der Waals surface area contributed by atoms with E-state index in [2.05, 4.69) is 10.0 Å². The van der Waals surface area contributed by atoms with Gasteiger partial charge in [0.05, 0.1) is 19.1 Å². The Bertz CT molecular complexity index is 1230. The Balaban J connectivity index is 2.11. The van der Waals surface area contributed by atoms with E-state index < -0.39 is 27.3 Å². The molecule has 1 fully saturated rings. The minimum Gasteiger partial charge on any atom is -0.496 e. The van der Waals surface area contributed by atoms with Crippen molar-refractivity contribution in [1.82, 2.24) is 5.32 Å². The Labute approximate surface area is 198 Å². The van der Waals surface area contributed by atoms with Crippen LogP contribution in [0.25, 0.3) is 11.9 Å². The predicted octanol–water partition coefficient (Wildman–Crippen LogP) is 4.28. The second kappa shape index (κ2) is 9.46. The zero-order valence-corrected chi connectivity index (χ0v) is 20.5. The summed E-state index contributed by atoms with van der Waals surface area (Å²) in [5, 5.41) is 2.65. The molecule has 0 atom stereocenters. The van der Waals surface area contributed by atoms with Gasteiger partial charge in [-0.15, -0.1) is 0 Å². The molecule has 1 heterocycles. The van der Waals surface area contributed by atoms with Crippen LogP contribution >= 0.6 is 0 Å². The summed E-state index contributed by atoms with van der Waals surface area (Å²) in [6, 6.07) is 8.51. The van der Waals surface area contributed by atoms with E-state index in [-0.39, 0.29) is 24.4 Å². The monoisotopic (exact) mass is 489 g/mol. The van der Waals surface area contributed by atoms with E-state index in [1.807, 2.05) is 20.8 Å². The third kappa shape index (κ3) is 5.74. The zero-order valence-electron chi connectivity index (χ0n) is 19.7. The molecule has 2 aromatic carbocycles. The summed E-state index contributed by atoms with van der Waals surface area (Å²) in [7, 11) is -1.97. The van der Waals surface area contributed by atoms with E-state index in [0.717, 1.165) is 11.2 Å². The fourth-order valence-electron chi connectivity index (χ4n) is 3.63. The van der Waals surface area contributed by atoms with Crippen LogP contribution in [0.1, 0.15) is 43.9 Å². The van der Waals surface area contributed by atoms with Crippen molar-refractivity contribution >= 4 is 45.2 Å². The summed E-state index contributed by atoms with van der Waals surface area (Å²) in [5.41, 5.74) is 1.46. The number of amides is 3. The number of nitrogens with one attached hydrogen (secondary N) is 2. The minimum atomic E-state index is -3.45. The van der Waals surface area contributed by atoms with Gasteiger partial charge in [-0.1, -0.05) is 20.8 Å². The molecule has 0 unspecified atom stereocenters. The fourth-order valence-corrected chi connectivity index (χ4v) is 4.19. The van der Waals surface area contributed by atoms with Gasteiger partial charge in [0.1, 0.15) is 11.6 Å². The number of anilines is 2. The van der Waals surface area contributed by atoms with E-state index in [1.54, 1.807) is 6.07 Å². The molecule has 8 nitrogen and oxygen atoms in total. The first-order valence-electron chi connectivity index (χ1n) is 10.6. The molecule has 0 radical (unpaired) electrons. The van der Waals surface area contributed by atoms with Crippen LogP contribution in [-0.4, -0.2) is 40.3 Å². The molecule has 0 aromatic heterocycles. The van der Waals surface area contributed by atoms with Crippen molar-refractivity contribution < 1.29 is 27.1 Å². The van der Waals surface area contributed by atoms with Crippen molar-refractivity contribution in [3.63, 3.8) is 0 Å². The van der Waals surface area contributed by atoms with Crippen molar-refractivity contribution in [1.29, 1.82) is 0 Å². The van der Waals surface area contributed by atoms with E-state index in [0.29, 0.717) is 28.3 Å². The maximum atomic E-state index is 15.3. The number of sulfonamides is 1. The Morgan fingerprint density at radius 1 is 1.18 bits per heavy atom. The molecular formula is C24H28FN3O5S. The van der Waals surface area contributed by atoms with Crippen LogP contribution in [-0.2, 0) is 20.2 Å². The highest BCUT2D eigenvalue weighted by Crippen LogP contribution is 2.40. The normalized spacial score (nSPS) is 15.2. The van der Waals surface area contributed by atoms with Crippen LogP contribution in [0.15, 0.2) is 36.4 Å². The van der Waals surface area contributed by atoms with Crippen molar-refractivity contribution in [2.24, 2.45) is 0 Å². The van der Waals surface area contributed by atoms with E-state index >= 15 is 4.39 Å². The topological polar surface area (TPSA) is 105 Å². The quantitative estimate of drug-likeness (QED) is 0.590. The number of benzene rings is 2. The summed E-state index contributed by atoms with van der Waals surface area (Å²) in [6.45, 7) is 6.11. The number of urea groups is 1. The van der Waals surface area contributed by atoms with Gasteiger partial charge in [0.2, 0.25) is 15.9 Å². The van der Waals surface area contributed by atoms with Gasteiger partial charge in [-0.25, -0.2) is 22.5 Å². The number of halogens is 1. The van der Waals surface area contributed by atoms with Crippen LogP contribution in [0.4, 0.5) is 20.6 Å². The summed E-state index contributed by atoms with van der Waals surface area (Å²) in [6.07, 6.45) is 2.46. The number of ether oxygens (including phenoxy) is 1. The van der Waals surface area contributed by atoms with Gasteiger partial charge in [-0.2, -0.15) is 0 Å². The molecule has 3 amide bonds. The predicted molar refractivity (Wildman–Crippen MR) is 131 cm³/mol. The molecule has 2 aromatic rings. The maximum Gasteiger partial charge on any atom is 0.328 e. The fraction of sp³-hybridized carbons (Fsp3) is 0.333. The largest absolute Gasteiger partial charge is 0.496 e. The van der Waals surface area contributed by atoms with Crippen molar-refractivity contribution in [3.8, 4) is 5.75 Å². The number of hydrogen-bond acceptors (Lipinski definition) is 5. The second-order valence-corrected chi connectivity index (χ2v) is 10.8. The first-order valence-corrected chi connectivity index (χ1v) is 12.5. The van der Waals surface area contributed by atoms with Gasteiger partial charge in [0.25, 0.3) is 0 Å². The molecule has 1 aliphatic heterocycles. The highest BCUT2D eigenvalue weighted by molar-refractivity contribution is 7.92. The van der Waals surface area contributed by atoms with Crippen LogP contribution in [0, 0.1) is 0 Å². The lowest BCUT2D eigenvalue weighted by molar-refractivity contribution is -0.118. The smallest absolute Gasteiger partial charge is 0.328 e. The Kier molecular flexibility index (Phi) is 7.02. The zero-order chi connectivity index (χ0) is 25.3. The number of imide groups is 1. The molecule has 0 spiro atoms. The summed E-state index contributed by atoms with van der Waals surface area (Å²) in [4.78, 5) is 26.0. The van der Waals surface area contributed by atoms with Gasteiger partial charge in [0, 0.05) is 35.3 Å². The van der Waals surface area contributed by atoms with E-state index in [1.165, 1.54) is 43.5 Å². The summed E-state index contributed by atoms with van der Waals surface area (Å²) in [5.74, 6) is -0.527. The molecule has 2 N–H and O–H groups in total. The molecule has 182 valence electrons. The van der Waals surface area contributed by atoms with Crippen molar-refractivity contribution in [3.05, 3.63) is 53.1 Å². The van der Waals surface area contributed by atoms with Crippen LogP contribution in [0.5, 0.6) is 5.75 Å². The average Bonchev–Trinajstić information content (AvgIpc) is 2.72. The van der Waals surface area contributed by atoms with Crippen LogP contribution in [0.2, 0.25) is 0 Å². The highest BCUT2D eigenvalue weighted by atomic mass is 32.2. The molecule has 34 heavy (non-hydrogen) atoms. The summed E-state index contributed by atoms with van der Waals surface area (Å²) >= 11 is 0. The third-order valence-electron chi connectivity index (χ3n) is 5.19. The Morgan fingerprint density at radius 3 is 2.35 bits per heavy atom. The van der Waals surface area contributed by atoms with Gasteiger partial charge in [0.15, 0.2) is 0 Å². The van der Waals surface area contributed by atoms with Crippen LogP contribution in [0.3, 0.4) is 0 Å². The number of methoxy groups -OCH3 is 1. The lowest BCUT2D eigenvalue weighted by Gasteiger charge is -2.29. The third-order valence-corrected chi connectivity index (χ3v) is 5.79. The lowest BCUT2D eigenvalue weighted by Crippen LogP contribution is -2.50. The standard InChI is InChI=1S/C24H28FN3O5S/c1-24(2,3)19-14-18(28-21(29)10-11-26-23(28)30)12-16(22(19)33-4)13-20(25)15-6-8-17(9-7-15)27-34(5,31)32/h6-9,12-14,27H,10-11H2,1-5H3,(H,26,30)/b20-13+. The first kappa shape index (κ1) is 25.2. The molecule has 10 heteroatoms. The molecule has 1 aliphatic rings. The molecule has 0 bridgehead atoms.